The number of aryl methyl sites for hydroxylation is 1. The van der Waals surface area contributed by atoms with Crippen molar-refractivity contribution >= 4 is 17.7 Å². The molecule has 2 aromatic rings. The first-order chi connectivity index (χ1) is 13.3. The molecule has 0 unspecified atom stereocenters. The largest absolute Gasteiger partial charge is 0.341 e. The van der Waals surface area contributed by atoms with E-state index in [1.807, 2.05) is 6.92 Å². The SMILES string of the molecule is Cc1ccc2c(c1)C(=O)N(CCCC(=O)N(C)Cc1ccc(F)cc1F)C2=O. The van der Waals surface area contributed by atoms with Gasteiger partial charge in [0.25, 0.3) is 11.8 Å². The molecule has 0 bridgehead atoms. The van der Waals surface area contributed by atoms with Crippen molar-refractivity contribution in [2.45, 2.75) is 26.3 Å². The van der Waals surface area contributed by atoms with Crippen molar-refractivity contribution in [2.75, 3.05) is 13.6 Å². The summed E-state index contributed by atoms with van der Waals surface area (Å²) < 4.78 is 26.7. The van der Waals surface area contributed by atoms with Gasteiger partial charge in [0.2, 0.25) is 5.91 Å². The molecule has 0 aromatic heterocycles. The molecule has 1 heterocycles. The van der Waals surface area contributed by atoms with Gasteiger partial charge in [0.1, 0.15) is 11.6 Å². The summed E-state index contributed by atoms with van der Waals surface area (Å²) in [5.41, 5.74) is 1.88. The summed E-state index contributed by atoms with van der Waals surface area (Å²) in [7, 11) is 1.52. The minimum atomic E-state index is -0.707. The van der Waals surface area contributed by atoms with E-state index in [-0.39, 0.29) is 42.8 Å². The standard InChI is InChI=1S/C21H20F2N2O3/c1-13-5-8-16-17(10-13)21(28)25(20(16)27)9-3-4-19(26)24(2)12-14-6-7-15(22)11-18(14)23/h5-8,10-11H,3-4,9,12H2,1-2H3. The fourth-order valence-electron chi connectivity index (χ4n) is 3.18. The zero-order chi connectivity index (χ0) is 20.4. The molecule has 3 amide bonds. The number of benzene rings is 2. The van der Waals surface area contributed by atoms with E-state index in [1.165, 1.54) is 18.0 Å². The summed E-state index contributed by atoms with van der Waals surface area (Å²) >= 11 is 0. The Morgan fingerprint density at radius 1 is 1.04 bits per heavy atom. The van der Waals surface area contributed by atoms with Crippen molar-refractivity contribution in [3.8, 4) is 0 Å². The first-order valence-corrected chi connectivity index (χ1v) is 8.92. The van der Waals surface area contributed by atoms with Gasteiger partial charge >= 0.3 is 0 Å². The Morgan fingerprint density at radius 3 is 2.46 bits per heavy atom. The van der Waals surface area contributed by atoms with E-state index in [1.54, 1.807) is 18.2 Å². The summed E-state index contributed by atoms with van der Waals surface area (Å²) in [5, 5.41) is 0. The summed E-state index contributed by atoms with van der Waals surface area (Å²) in [4.78, 5) is 39.5. The van der Waals surface area contributed by atoms with Crippen LogP contribution in [0.5, 0.6) is 0 Å². The van der Waals surface area contributed by atoms with E-state index < -0.39 is 11.6 Å². The monoisotopic (exact) mass is 386 g/mol. The molecule has 0 radical (unpaired) electrons. The molecule has 2 aromatic carbocycles. The molecule has 0 aliphatic carbocycles. The topological polar surface area (TPSA) is 57.7 Å². The highest BCUT2D eigenvalue weighted by Gasteiger charge is 2.35. The van der Waals surface area contributed by atoms with E-state index in [0.29, 0.717) is 17.5 Å². The average Bonchev–Trinajstić information content (AvgIpc) is 2.88. The fourth-order valence-corrected chi connectivity index (χ4v) is 3.18. The molecule has 0 saturated heterocycles. The molecule has 28 heavy (non-hydrogen) atoms. The zero-order valence-corrected chi connectivity index (χ0v) is 15.7. The second kappa shape index (κ2) is 7.88. The summed E-state index contributed by atoms with van der Waals surface area (Å²) in [6.45, 7) is 1.99. The highest BCUT2D eigenvalue weighted by molar-refractivity contribution is 6.21. The second-order valence-electron chi connectivity index (χ2n) is 6.90. The maximum absolute atomic E-state index is 13.7. The van der Waals surface area contributed by atoms with Crippen LogP contribution in [-0.4, -0.2) is 41.1 Å². The van der Waals surface area contributed by atoms with Crippen LogP contribution in [-0.2, 0) is 11.3 Å². The third kappa shape index (κ3) is 3.93. The number of fused-ring (bicyclic) bond motifs is 1. The number of carbonyl (C=O) groups is 3. The Morgan fingerprint density at radius 2 is 1.75 bits per heavy atom. The number of hydrogen-bond donors (Lipinski definition) is 0. The summed E-state index contributed by atoms with van der Waals surface area (Å²) in [6, 6.07) is 8.32. The predicted octanol–water partition coefficient (Wildman–Crippen LogP) is 3.31. The average molecular weight is 386 g/mol. The Balaban J connectivity index is 1.54. The normalized spacial score (nSPS) is 13.1. The summed E-state index contributed by atoms with van der Waals surface area (Å²) in [5.74, 6) is -2.34. The van der Waals surface area contributed by atoms with Crippen molar-refractivity contribution in [3.63, 3.8) is 0 Å². The molecule has 146 valence electrons. The van der Waals surface area contributed by atoms with Crippen LogP contribution in [0.1, 0.15) is 44.7 Å². The van der Waals surface area contributed by atoms with Gasteiger partial charge in [0.15, 0.2) is 0 Å². The molecule has 5 nitrogen and oxygen atoms in total. The van der Waals surface area contributed by atoms with Crippen LogP contribution >= 0.6 is 0 Å². The number of halogens is 2. The Bertz CT molecular complexity index is 959. The van der Waals surface area contributed by atoms with Crippen LogP contribution < -0.4 is 0 Å². The maximum Gasteiger partial charge on any atom is 0.261 e. The highest BCUT2D eigenvalue weighted by Crippen LogP contribution is 2.24. The molecular formula is C21H20F2N2O3. The van der Waals surface area contributed by atoms with Crippen molar-refractivity contribution in [2.24, 2.45) is 0 Å². The minimum absolute atomic E-state index is 0.0112. The number of carbonyl (C=O) groups excluding carboxylic acids is 3. The maximum atomic E-state index is 13.7. The number of hydrogen-bond acceptors (Lipinski definition) is 3. The van der Waals surface area contributed by atoms with Crippen LogP contribution in [0.2, 0.25) is 0 Å². The van der Waals surface area contributed by atoms with Crippen LogP contribution in [0.3, 0.4) is 0 Å². The van der Waals surface area contributed by atoms with Crippen LogP contribution in [0.4, 0.5) is 8.78 Å². The Hall–Kier alpha value is -3.09. The van der Waals surface area contributed by atoms with Crippen molar-refractivity contribution in [3.05, 3.63) is 70.3 Å². The smallest absolute Gasteiger partial charge is 0.261 e. The van der Waals surface area contributed by atoms with Gasteiger partial charge in [-0.15, -0.1) is 0 Å². The van der Waals surface area contributed by atoms with Crippen molar-refractivity contribution in [1.29, 1.82) is 0 Å². The van der Waals surface area contributed by atoms with Crippen LogP contribution in [0.15, 0.2) is 36.4 Å². The molecule has 0 fully saturated rings. The number of imide groups is 1. The van der Waals surface area contributed by atoms with E-state index in [9.17, 15) is 23.2 Å². The lowest BCUT2D eigenvalue weighted by molar-refractivity contribution is -0.130. The molecular weight excluding hydrogens is 366 g/mol. The first-order valence-electron chi connectivity index (χ1n) is 8.92. The molecule has 0 saturated carbocycles. The van der Waals surface area contributed by atoms with Crippen molar-refractivity contribution < 1.29 is 23.2 Å². The molecule has 3 rings (SSSR count). The first kappa shape index (κ1) is 19.7. The lowest BCUT2D eigenvalue weighted by atomic mass is 10.1. The van der Waals surface area contributed by atoms with Crippen LogP contribution in [0.25, 0.3) is 0 Å². The van der Waals surface area contributed by atoms with Gasteiger partial charge in [-0.1, -0.05) is 17.7 Å². The van der Waals surface area contributed by atoms with Gasteiger partial charge in [-0.3, -0.25) is 19.3 Å². The minimum Gasteiger partial charge on any atom is -0.341 e. The molecule has 7 heteroatoms. The molecule has 0 atom stereocenters. The van der Waals surface area contributed by atoms with Gasteiger partial charge in [0.05, 0.1) is 11.1 Å². The predicted molar refractivity (Wildman–Crippen MR) is 98.6 cm³/mol. The number of amides is 3. The zero-order valence-electron chi connectivity index (χ0n) is 15.7. The molecule has 1 aliphatic heterocycles. The van der Waals surface area contributed by atoms with Gasteiger partial charge < -0.3 is 4.90 Å². The Labute approximate surface area is 161 Å². The van der Waals surface area contributed by atoms with Gasteiger partial charge in [-0.2, -0.15) is 0 Å². The third-order valence-corrected chi connectivity index (χ3v) is 4.75. The fraction of sp³-hybridized carbons (Fsp3) is 0.286. The van der Waals surface area contributed by atoms with Gasteiger partial charge in [0, 0.05) is 38.2 Å². The number of rotatable bonds is 6. The van der Waals surface area contributed by atoms with Gasteiger partial charge in [-0.05, 0) is 31.5 Å². The Kier molecular flexibility index (Phi) is 5.53. The quantitative estimate of drug-likeness (QED) is 0.716. The lowest BCUT2D eigenvalue weighted by Crippen LogP contribution is -2.32. The van der Waals surface area contributed by atoms with Crippen molar-refractivity contribution in [1.82, 2.24) is 9.80 Å². The van der Waals surface area contributed by atoms with E-state index in [4.69, 9.17) is 0 Å². The second-order valence-corrected chi connectivity index (χ2v) is 6.90. The van der Waals surface area contributed by atoms with Gasteiger partial charge in [-0.25, -0.2) is 8.78 Å². The summed E-state index contributed by atoms with van der Waals surface area (Å²) in [6.07, 6.45) is 0.408. The van der Waals surface area contributed by atoms with E-state index in [0.717, 1.165) is 22.6 Å². The molecule has 0 spiro atoms. The molecule has 0 N–H and O–H groups in total. The van der Waals surface area contributed by atoms with Crippen LogP contribution in [0, 0.1) is 18.6 Å². The van der Waals surface area contributed by atoms with E-state index in [2.05, 4.69) is 0 Å². The third-order valence-electron chi connectivity index (χ3n) is 4.75. The lowest BCUT2D eigenvalue weighted by Gasteiger charge is -2.19. The number of nitrogens with zero attached hydrogens (tertiary/aromatic N) is 2. The van der Waals surface area contributed by atoms with E-state index >= 15 is 0 Å². The highest BCUT2D eigenvalue weighted by atomic mass is 19.1. The molecule has 1 aliphatic rings.